The first kappa shape index (κ1) is 20.7. The van der Waals surface area contributed by atoms with Crippen LogP contribution in [0.4, 0.5) is 0 Å². The molecule has 1 amide bonds. The Balaban J connectivity index is 1.80. The van der Waals surface area contributed by atoms with Crippen molar-refractivity contribution in [3.63, 3.8) is 0 Å². The first-order valence-corrected chi connectivity index (χ1v) is 10.7. The van der Waals surface area contributed by atoms with Gasteiger partial charge in [-0.2, -0.15) is 0 Å². The molecule has 30 heavy (non-hydrogen) atoms. The van der Waals surface area contributed by atoms with Gasteiger partial charge >= 0.3 is 0 Å². The Morgan fingerprint density at radius 1 is 1.23 bits per heavy atom. The number of carbonyl (C=O) groups excluding carboxylic acids is 2. The van der Waals surface area contributed by atoms with E-state index in [4.69, 9.17) is 9.47 Å². The molecule has 2 heterocycles. The zero-order valence-corrected chi connectivity index (χ0v) is 17.6. The summed E-state index contributed by atoms with van der Waals surface area (Å²) in [5.41, 5.74) is 1.01. The molecule has 1 aromatic rings. The minimum atomic E-state index is -0.666. The lowest BCUT2D eigenvalue weighted by Crippen LogP contribution is -2.45. The number of phenolic OH excluding ortho intramolecular Hbond substituents is 1. The average molecular weight is 415 g/mol. The Morgan fingerprint density at radius 2 is 2.00 bits per heavy atom. The number of carbonyl (C=O) groups is 2. The fourth-order valence-corrected chi connectivity index (χ4v) is 5.28. The quantitative estimate of drug-likeness (QED) is 0.767. The van der Waals surface area contributed by atoms with Gasteiger partial charge in [-0.3, -0.25) is 9.59 Å². The average Bonchev–Trinajstić information content (AvgIpc) is 2.98. The number of hydrogen-bond acceptors (Lipinski definition) is 6. The highest BCUT2D eigenvalue weighted by molar-refractivity contribution is 6.11. The molecule has 5 atom stereocenters. The number of benzene rings is 1. The lowest BCUT2D eigenvalue weighted by Gasteiger charge is -2.41. The van der Waals surface area contributed by atoms with Crippen molar-refractivity contribution in [2.24, 2.45) is 17.8 Å². The van der Waals surface area contributed by atoms with Crippen molar-refractivity contribution in [2.45, 2.75) is 45.8 Å². The van der Waals surface area contributed by atoms with Gasteiger partial charge in [0.2, 0.25) is 0 Å². The van der Waals surface area contributed by atoms with Crippen molar-refractivity contribution in [2.75, 3.05) is 19.8 Å². The molecule has 2 N–H and O–H groups in total. The molecule has 4 rings (SSSR count). The van der Waals surface area contributed by atoms with E-state index < -0.39 is 6.04 Å². The van der Waals surface area contributed by atoms with Crippen LogP contribution in [0, 0.1) is 17.8 Å². The predicted molar refractivity (Wildman–Crippen MR) is 109 cm³/mol. The molecule has 0 saturated heterocycles. The van der Waals surface area contributed by atoms with Crippen LogP contribution in [-0.2, 0) is 14.3 Å². The lowest BCUT2D eigenvalue weighted by atomic mass is 9.70. The van der Waals surface area contributed by atoms with Crippen LogP contribution in [0.2, 0.25) is 0 Å². The van der Waals surface area contributed by atoms with Gasteiger partial charge in [0.1, 0.15) is 6.10 Å². The van der Waals surface area contributed by atoms with Crippen LogP contribution >= 0.6 is 0 Å². The topological polar surface area (TPSA) is 96.3 Å². The SMILES string of the molecule is CCOc1cc(C2C3=C(OC4C(C)CC(C)CC4C3=O)C(=O)N2CCO)ccc1O. The van der Waals surface area contributed by atoms with Crippen LogP contribution in [0.25, 0.3) is 0 Å². The molecular weight excluding hydrogens is 386 g/mol. The lowest BCUT2D eigenvalue weighted by molar-refractivity contribution is -0.139. The molecule has 1 aliphatic carbocycles. The molecule has 162 valence electrons. The number of phenols is 1. The Bertz CT molecular complexity index is 894. The maximum Gasteiger partial charge on any atom is 0.290 e. The third-order valence-corrected chi connectivity index (χ3v) is 6.47. The van der Waals surface area contributed by atoms with E-state index in [1.54, 1.807) is 12.1 Å². The van der Waals surface area contributed by atoms with Gasteiger partial charge in [0, 0.05) is 6.54 Å². The van der Waals surface area contributed by atoms with Crippen molar-refractivity contribution in [3.05, 3.63) is 35.1 Å². The number of β-amino-alcohol motifs (C(OH)–C–C–N with tert-alkyl or cyclic N) is 1. The summed E-state index contributed by atoms with van der Waals surface area (Å²) in [7, 11) is 0. The Hall–Kier alpha value is -2.54. The van der Waals surface area contributed by atoms with Crippen molar-refractivity contribution in [1.29, 1.82) is 0 Å². The molecule has 1 fully saturated rings. The van der Waals surface area contributed by atoms with E-state index in [1.165, 1.54) is 11.0 Å². The van der Waals surface area contributed by atoms with Gasteiger partial charge in [-0.15, -0.1) is 0 Å². The monoisotopic (exact) mass is 415 g/mol. The predicted octanol–water partition coefficient (Wildman–Crippen LogP) is 2.57. The maximum absolute atomic E-state index is 13.6. The molecule has 7 heteroatoms. The van der Waals surface area contributed by atoms with Gasteiger partial charge in [0.25, 0.3) is 5.91 Å². The second-order valence-corrected chi connectivity index (χ2v) is 8.63. The van der Waals surface area contributed by atoms with E-state index in [0.717, 1.165) is 12.8 Å². The number of nitrogens with zero attached hydrogens (tertiary/aromatic N) is 1. The number of hydrogen-bond donors (Lipinski definition) is 2. The molecule has 2 aliphatic heterocycles. The van der Waals surface area contributed by atoms with Crippen molar-refractivity contribution in [1.82, 2.24) is 4.90 Å². The number of aromatic hydroxyl groups is 1. The van der Waals surface area contributed by atoms with E-state index in [9.17, 15) is 19.8 Å². The highest BCUT2D eigenvalue weighted by Crippen LogP contribution is 2.49. The van der Waals surface area contributed by atoms with Gasteiger partial charge in [0.05, 0.1) is 30.7 Å². The second kappa shape index (κ2) is 7.95. The standard InChI is InChI=1S/C23H29NO6/c1-4-29-17-11-14(5-6-16(17)26)19-18-20(27)15-10-12(2)9-13(3)21(15)30-22(18)23(28)24(19)7-8-25/h5-6,11-13,15,19,21,25-26H,4,7-10H2,1-3H3. The van der Waals surface area contributed by atoms with E-state index >= 15 is 0 Å². The summed E-state index contributed by atoms with van der Waals surface area (Å²) < 4.78 is 11.7. The summed E-state index contributed by atoms with van der Waals surface area (Å²) in [6.07, 6.45) is 1.42. The highest BCUT2D eigenvalue weighted by Gasteiger charge is 2.53. The Kier molecular flexibility index (Phi) is 5.49. The number of ketones is 1. The summed E-state index contributed by atoms with van der Waals surface area (Å²) >= 11 is 0. The minimum absolute atomic E-state index is 0.00551. The smallest absolute Gasteiger partial charge is 0.290 e. The van der Waals surface area contributed by atoms with Crippen LogP contribution in [0.3, 0.4) is 0 Å². The summed E-state index contributed by atoms with van der Waals surface area (Å²) in [6, 6.07) is 4.17. The Labute approximate surface area is 176 Å². The zero-order chi connectivity index (χ0) is 21.6. The van der Waals surface area contributed by atoms with Crippen LogP contribution < -0.4 is 4.74 Å². The summed E-state index contributed by atoms with van der Waals surface area (Å²) in [4.78, 5) is 28.3. The highest BCUT2D eigenvalue weighted by atomic mass is 16.5. The number of fused-ring (bicyclic) bond motifs is 1. The number of aliphatic hydroxyl groups is 1. The Morgan fingerprint density at radius 3 is 2.70 bits per heavy atom. The molecule has 0 aromatic heterocycles. The molecule has 3 aliphatic rings. The summed E-state index contributed by atoms with van der Waals surface area (Å²) in [5.74, 6) is 0.336. The molecule has 0 spiro atoms. The van der Waals surface area contributed by atoms with Gasteiger partial charge in [-0.05, 0) is 49.3 Å². The van der Waals surface area contributed by atoms with Gasteiger partial charge < -0.3 is 24.6 Å². The van der Waals surface area contributed by atoms with E-state index in [2.05, 4.69) is 13.8 Å². The molecule has 1 aromatic carbocycles. The number of rotatable bonds is 5. The van der Waals surface area contributed by atoms with Crippen LogP contribution in [0.15, 0.2) is 29.5 Å². The number of amides is 1. The molecule has 7 nitrogen and oxygen atoms in total. The van der Waals surface area contributed by atoms with E-state index in [-0.39, 0.29) is 54.3 Å². The second-order valence-electron chi connectivity index (χ2n) is 8.63. The first-order valence-electron chi connectivity index (χ1n) is 10.7. The molecule has 5 unspecified atom stereocenters. The van der Waals surface area contributed by atoms with Crippen LogP contribution in [0.1, 0.15) is 45.2 Å². The fraction of sp³-hybridized carbons (Fsp3) is 0.565. The van der Waals surface area contributed by atoms with Crippen molar-refractivity contribution in [3.8, 4) is 11.5 Å². The summed E-state index contributed by atoms with van der Waals surface area (Å²) in [5, 5.41) is 19.6. The third kappa shape index (κ3) is 3.25. The molecular formula is C23H29NO6. The number of aliphatic hydroxyl groups excluding tert-OH is 1. The van der Waals surface area contributed by atoms with E-state index in [0.29, 0.717) is 29.4 Å². The van der Waals surface area contributed by atoms with Crippen LogP contribution in [-0.4, -0.2) is 52.7 Å². The minimum Gasteiger partial charge on any atom is -0.504 e. The molecule has 0 bridgehead atoms. The van der Waals surface area contributed by atoms with Crippen LogP contribution in [0.5, 0.6) is 11.5 Å². The first-order chi connectivity index (χ1) is 14.4. The van der Waals surface area contributed by atoms with Crippen molar-refractivity contribution >= 4 is 11.7 Å². The summed E-state index contributed by atoms with van der Waals surface area (Å²) in [6.45, 7) is 6.26. The molecule has 0 radical (unpaired) electrons. The van der Waals surface area contributed by atoms with Gasteiger partial charge in [0.15, 0.2) is 23.0 Å². The van der Waals surface area contributed by atoms with E-state index in [1.807, 2.05) is 6.92 Å². The normalized spacial score (nSPS) is 30.8. The third-order valence-electron chi connectivity index (χ3n) is 6.47. The number of ether oxygens (including phenoxy) is 2. The zero-order valence-electron chi connectivity index (χ0n) is 17.6. The number of Topliss-reactive ketones (excluding diaryl/α,β-unsaturated/α-hetero) is 1. The molecule has 1 saturated carbocycles. The van der Waals surface area contributed by atoms with Gasteiger partial charge in [-0.25, -0.2) is 0 Å². The van der Waals surface area contributed by atoms with Gasteiger partial charge in [-0.1, -0.05) is 19.9 Å². The largest absolute Gasteiger partial charge is 0.504 e. The van der Waals surface area contributed by atoms with Crippen molar-refractivity contribution < 1.29 is 29.3 Å². The fourth-order valence-electron chi connectivity index (χ4n) is 5.28. The maximum atomic E-state index is 13.6.